The molecule has 0 saturated heterocycles. The molecule has 0 aliphatic heterocycles. The van der Waals surface area contributed by atoms with E-state index in [1.54, 1.807) is 6.07 Å². The maximum atomic E-state index is 15.8. The third kappa shape index (κ3) is 4.27. The number of fused-ring (bicyclic) bond motifs is 1. The molecule has 2 heterocycles. The molecule has 5 rings (SSSR count). The average molecular weight is 550 g/mol. The van der Waals surface area contributed by atoms with Crippen molar-refractivity contribution >= 4 is 34.7 Å². The van der Waals surface area contributed by atoms with Crippen molar-refractivity contribution in [3.63, 3.8) is 0 Å². The van der Waals surface area contributed by atoms with Crippen LogP contribution in [0.5, 0.6) is 11.5 Å². The molecule has 0 radical (unpaired) electrons. The normalized spacial score (nSPS) is 12.9. The van der Waals surface area contributed by atoms with Crippen molar-refractivity contribution in [1.82, 2.24) is 14.5 Å². The second kappa shape index (κ2) is 9.95. The molecule has 0 spiro atoms. The Labute approximate surface area is 226 Å². The zero-order chi connectivity index (χ0) is 28.9. The molecule has 12 heteroatoms. The van der Waals surface area contributed by atoms with Gasteiger partial charge in [-0.1, -0.05) is 6.58 Å². The van der Waals surface area contributed by atoms with Gasteiger partial charge in [0.25, 0.3) is 0 Å². The lowest BCUT2D eigenvalue weighted by Gasteiger charge is -2.21. The quantitative estimate of drug-likeness (QED) is 0.293. The van der Waals surface area contributed by atoms with Crippen molar-refractivity contribution in [2.24, 2.45) is 0 Å². The van der Waals surface area contributed by atoms with Crippen LogP contribution in [0.3, 0.4) is 0 Å². The van der Waals surface area contributed by atoms with E-state index in [4.69, 9.17) is 20.9 Å². The van der Waals surface area contributed by atoms with Gasteiger partial charge in [-0.25, -0.2) is 18.6 Å². The lowest BCUT2D eigenvalue weighted by atomic mass is 9.93. The van der Waals surface area contributed by atoms with E-state index in [1.807, 2.05) is 0 Å². The summed E-state index contributed by atoms with van der Waals surface area (Å²) < 4.78 is 43.8. The van der Waals surface area contributed by atoms with Crippen LogP contribution in [-0.4, -0.2) is 39.8 Å². The fraction of sp³-hybridized carbons (Fsp3) is 0.214. The second-order valence-corrected chi connectivity index (χ2v) is 9.33. The predicted molar refractivity (Wildman–Crippen MR) is 146 cm³/mol. The number of hydrogen-bond donors (Lipinski definition) is 3. The molecule has 0 bridgehead atoms. The molecule has 1 fully saturated rings. The van der Waals surface area contributed by atoms with Crippen LogP contribution >= 0.6 is 0 Å². The number of nitrogens with zero attached hydrogens (tertiary/aromatic N) is 3. The molecule has 5 N–H and O–H groups in total. The van der Waals surface area contributed by atoms with Crippen molar-refractivity contribution in [2.45, 2.75) is 25.3 Å². The summed E-state index contributed by atoms with van der Waals surface area (Å²) in [4.78, 5) is 33.9. The van der Waals surface area contributed by atoms with E-state index >= 15 is 8.78 Å². The number of carboxylic acid groups (broad SMARTS) is 1. The molecule has 1 saturated carbocycles. The summed E-state index contributed by atoms with van der Waals surface area (Å²) in [6, 6.07) is 3.56. The lowest BCUT2D eigenvalue weighted by Crippen LogP contribution is -2.24. The van der Waals surface area contributed by atoms with Gasteiger partial charge in [-0.15, -0.1) is 0 Å². The summed E-state index contributed by atoms with van der Waals surface area (Å²) in [5.74, 6) is -3.25. The Morgan fingerprint density at radius 3 is 2.50 bits per heavy atom. The molecular formula is C28H25F2N5O5. The number of benzene rings is 2. The number of halogens is 2. The lowest BCUT2D eigenvalue weighted by molar-refractivity contribution is 0.0694. The molecule has 10 nitrogen and oxygen atoms in total. The van der Waals surface area contributed by atoms with Gasteiger partial charge in [0, 0.05) is 41.4 Å². The molecule has 4 aromatic rings. The Balaban J connectivity index is 1.90. The van der Waals surface area contributed by atoms with Gasteiger partial charge in [0.2, 0.25) is 11.4 Å². The van der Waals surface area contributed by atoms with Crippen LogP contribution in [0.15, 0.2) is 35.8 Å². The van der Waals surface area contributed by atoms with E-state index in [9.17, 15) is 14.7 Å². The van der Waals surface area contributed by atoms with E-state index in [1.165, 1.54) is 37.1 Å². The zero-order valence-electron chi connectivity index (χ0n) is 21.6. The van der Waals surface area contributed by atoms with E-state index in [-0.39, 0.29) is 58.1 Å². The van der Waals surface area contributed by atoms with Gasteiger partial charge in [0.05, 0.1) is 30.8 Å². The fourth-order valence-electron chi connectivity index (χ4n) is 5.03. The van der Waals surface area contributed by atoms with E-state index in [0.717, 1.165) is 0 Å². The number of hydrogen-bond acceptors (Lipinski definition) is 8. The fourth-order valence-corrected chi connectivity index (χ4v) is 5.03. The number of carbonyl (C=O) groups is 1. The Hall–Kier alpha value is -5.00. The van der Waals surface area contributed by atoms with Gasteiger partial charge in [-0.2, -0.15) is 4.98 Å². The minimum atomic E-state index is -1.54. The van der Waals surface area contributed by atoms with Crippen LogP contribution < -0.4 is 26.4 Å². The van der Waals surface area contributed by atoms with Gasteiger partial charge in [-0.3, -0.25) is 4.79 Å². The summed E-state index contributed by atoms with van der Waals surface area (Å²) in [6.07, 6.45) is 4.07. The number of anilines is 2. The highest BCUT2D eigenvalue weighted by molar-refractivity contribution is 6.03. The van der Waals surface area contributed by atoms with Crippen LogP contribution in [0.1, 0.15) is 46.1 Å². The highest BCUT2D eigenvalue weighted by atomic mass is 19.1. The standard InChI is InChI=1S/C28H25F2N5O5/c1-4-18-21(27(37)38)24(36)22-20(16(29)10-17(30)23(22)35(18)14-5-6-14)15-8-12(9-19(39-2)25(15)40-3)7-13-11-33-28(32)34-26(13)31/h4,8-11,14H,1,5-7H2,2-3H3,(H,37,38)(H4,31,32,33,34). The summed E-state index contributed by atoms with van der Waals surface area (Å²) in [5.41, 5.74) is 10.4. The van der Waals surface area contributed by atoms with Gasteiger partial charge < -0.3 is 30.6 Å². The highest BCUT2D eigenvalue weighted by Crippen LogP contribution is 2.46. The number of aromatic carboxylic acids is 1. The first-order chi connectivity index (χ1) is 19.1. The topological polar surface area (TPSA) is 156 Å². The zero-order valence-corrected chi connectivity index (χ0v) is 21.6. The minimum absolute atomic E-state index is 0.00539. The summed E-state index contributed by atoms with van der Waals surface area (Å²) in [6.45, 7) is 3.65. The number of pyridine rings is 1. The first kappa shape index (κ1) is 26.6. The molecule has 0 unspecified atom stereocenters. The van der Waals surface area contributed by atoms with Crippen molar-refractivity contribution < 1.29 is 28.2 Å². The van der Waals surface area contributed by atoms with Gasteiger partial charge >= 0.3 is 5.97 Å². The molecule has 206 valence electrons. The SMILES string of the molecule is C=Cc1c(C(=O)O)c(=O)c2c(-c3cc(Cc4cnc(N)nc4N)cc(OC)c3OC)c(F)cc(F)c2n1C1CC1. The van der Waals surface area contributed by atoms with E-state index in [2.05, 4.69) is 16.5 Å². The average Bonchev–Trinajstić information content (AvgIpc) is 3.75. The first-order valence-electron chi connectivity index (χ1n) is 12.2. The molecule has 0 amide bonds. The van der Waals surface area contributed by atoms with Crippen molar-refractivity contribution in [1.29, 1.82) is 0 Å². The number of ether oxygens (including phenoxy) is 2. The number of nitrogens with two attached hydrogens (primary N) is 2. The molecule has 2 aromatic carbocycles. The summed E-state index contributed by atoms with van der Waals surface area (Å²) in [5, 5.41) is 9.54. The predicted octanol–water partition coefficient (Wildman–Crippen LogP) is 4.19. The Bertz CT molecular complexity index is 1780. The van der Waals surface area contributed by atoms with E-state index in [0.29, 0.717) is 30.0 Å². The molecule has 1 aliphatic carbocycles. The number of nitrogen functional groups attached to an aromatic ring is 2. The van der Waals surface area contributed by atoms with Crippen LogP contribution in [0.25, 0.3) is 28.1 Å². The number of rotatable bonds is 8. The van der Waals surface area contributed by atoms with Gasteiger partial charge in [-0.05, 0) is 36.6 Å². The molecule has 1 aliphatic rings. The smallest absolute Gasteiger partial charge is 0.341 e. The van der Waals surface area contributed by atoms with Crippen LogP contribution in [-0.2, 0) is 6.42 Å². The van der Waals surface area contributed by atoms with Crippen molar-refractivity contribution in [2.75, 3.05) is 25.7 Å². The second-order valence-electron chi connectivity index (χ2n) is 9.33. The van der Waals surface area contributed by atoms with Crippen LogP contribution in [0, 0.1) is 11.6 Å². The Morgan fingerprint density at radius 1 is 1.20 bits per heavy atom. The third-order valence-electron chi connectivity index (χ3n) is 6.85. The maximum Gasteiger partial charge on any atom is 0.341 e. The summed E-state index contributed by atoms with van der Waals surface area (Å²) in [7, 11) is 2.71. The number of aromatic nitrogens is 3. The number of methoxy groups -OCH3 is 2. The molecular weight excluding hydrogens is 524 g/mol. The van der Waals surface area contributed by atoms with Gasteiger partial charge in [0.15, 0.2) is 17.3 Å². The van der Waals surface area contributed by atoms with Crippen LogP contribution in [0.2, 0.25) is 0 Å². The van der Waals surface area contributed by atoms with Crippen molar-refractivity contribution in [3.05, 3.63) is 75.2 Å². The first-order valence-corrected chi connectivity index (χ1v) is 12.2. The van der Waals surface area contributed by atoms with E-state index < -0.39 is 34.0 Å². The third-order valence-corrected chi connectivity index (χ3v) is 6.85. The molecule has 0 atom stereocenters. The Kier molecular flexibility index (Phi) is 6.62. The largest absolute Gasteiger partial charge is 0.493 e. The van der Waals surface area contributed by atoms with Crippen LogP contribution in [0.4, 0.5) is 20.5 Å². The minimum Gasteiger partial charge on any atom is -0.493 e. The van der Waals surface area contributed by atoms with Crippen molar-refractivity contribution in [3.8, 4) is 22.6 Å². The Morgan fingerprint density at radius 2 is 1.93 bits per heavy atom. The monoisotopic (exact) mass is 549 g/mol. The molecule has 2 aromatic heterocycles. The summed E-state index contributed by atoms with van der Waals surface area (Å²) >= 11 is 0. The van der Waals surface area contributed by atoms with Gasteiger partial charge in [0.1, 0.15) is 17.2 Å². The number of carboxylic acids is 1. The highest BCUT2D eigenvalue weighted by Gasteiger charge is 2.34. The molecule has 40 heavy (non-hydrogen) atoms. The maximum absolute atomic E-state index is 15.8.